The molecule has 0 aromatic heterocycles. The molecule has 1 saturated heterocycles. The van der Waals surface area contributed by atoms with Gasteiger partial charge in [-0.25, -0.2) is 4.79 Å². The van der Waals surface area contributed by atoms with Gasteiger partial charge in [0.15, 0.2) is 24.6 Å². The standard InChI is InChI=1S/C63H106O12/c1-4-7-10-13-16-19-22-25-28-31-34-37-40-43-46-49-55(64)71-52-54(73-56(65)50-47-44-41-38-35-32-29-26-23-20-17-14-11-8-5-2)53-72-63-61(59(68)58(67)60(75-63)62(69)70)74-57(66)51-48-45-42-39-36-33-30-27-24-21-18-15-12-9-6-3/h7,10,16,18-19,21,25,27-28,30,34,37,54,58-61,63,67-68H,4-6,8-9,11-15,17,20,22-24,26,29,31-33,35-36,38-53H2,1-3H3,(H,69,70)/b10-7-,19-16-,21-18-,28-25-,30-27-,37-34-. The van der Waals surface area contributed by atoms with Crippen LogP contribution in [0.4, 0.5) is 0 Å². The molecule has 6 atom stereocenters. The van der Waals surface area contributed by atoms with Gasteiger partial charge < -0.3 is 39.0 Å². The van der Waals surface area contributed by atoms with Crippen molar-refractivity contribution in [3.8, 4) is 0 Å². The Morgan fingerprint density at radius 1 is 0.453 bits per heavy atom. The van der Waals surface area contributed by atoms with Crippen LogP contribution in [0.2, 0.25) is 0 Å². The van der Waals surface area contributed by atoms with Crippen molar-refractivity contribution in [2.75, 3.05) is 13.2 Å². The van der Waals surface area contributed by atoms with Crippen LogP contribution in [-0.4, -0.2) is 89.2 Å². The number of carboxylic acids is 1. The van der Waals surface area contributed by atoms with Gasteiger partial charge in [0.2, 0.25) is 0 Å². The van der Waals surface area contributed by atoms with Gasteiger partial charge in [0.05, 0.1) is 6.61 Å². The largest absolute Gasteiger partial charge is 0.479 e. The van der Waals surface area contributed by atoms with Gasteiger partial charge in [0.25, 0.3) is 0 Å². The van der Waals surface area contributed by atoms with Gasteiger partial charge in [-0.3, -0.25) is 14.4 Å². The molecule has 0 amide bonds. The number of hydrogen-bond donors (Lipinski definition) is 3. The molecule has 1 aliphatic rings. The number of carboxylic acid groups (broad SMARTS) is 1. The van der Waals surface area contributed by atoms with E-state index in [9.17, 15) is 34.5 Å². The van der Waals surface area contributed by atoms with Crippen LogP contribution in [0.5, 0.6) is 0 Å². The number of aliphatic hydroxyl groups excluding tert-OH is 2. The molecule has 0 spiro atoms. The lowest BCUT2D eigenvalue weighted by molar-refractivity contribution is -0.301. The Morgan fingerprint density at radius 2 is 0.840 bits per heavy atom. The van der Waals surface area contributed by atoms with Gasteiger partial charge in [-0.15, -0.1) is 0 Å². The van der Waals surface area contributed by atoms with Crippen molar-refractivity contribution in [3.05, 3.63) is 72.9 Å². The highest BCUT2D eigenvalue weighted by Gasteiger charge is 2.50. The van der Waals surface area contributed by atoms with Gasteiger partial charge in [0, 0.05) is 19.3 Å². The number of hydrogen-bond acceptors (Lipinski definition) is 11. The van der Waals surface area contributed by atoms with E-state index in [-0.39, 0.29) is 25.9 Å². The van der Waals surface area contributed by atoms with Crippen LogP contribution in [-0.2, 0) is 42.9 Å². The molecule has 0 saturated carbocycles. The molecule has 1 rings (SSSR count). The van der Waals surface area contributed by atoms with E-state index < -0.39 is 67.3 Å². The van der Waals surface area contributed by atoms with Gasteiger partial charge in [-0.2, -0.15) is 0 Å². The lowest BCUT2D eigenvalue weighted by Gasteiger charge is -2.40. The van der Waals surface area contributed by atoms with Crippen molar-refractivity contribution >= 4 is 23.9 Å². The Balaban J connectivity index is 2.72. The Labute approximate surface area is 455 Å². The summed E-state index contributed by atoms with van der Waals surface area (Å²) in [5.41, 5.74) is 0. The number of ether oxygens (including phenoxy) is 5. The third-order valence-corrected chi connectivity index (χ3v) is 13.3. The van der Waals surface area contributed by atoms with Crippen molar-refractivity contribution in [2.45, 2.75) is 289 Å². The minimum Gasteiger partial charge on any atom is -0.479 e. The monoisotopic (exact) mass is 1050 g/mol. The fraction of sp³-hybridized carbons (Fsp3) is 0.746. The number of aliphatic hydroxyl groups is 2. The second kappa shape index (κ2) is 50.9. The molecular weight excluding hydrogens is 949 g/mol. The lowest BCUT2D eigenvalue weighted by atomic mass is 9.98. The Kier molecular flexibility index (Phi) is 47.0. The van der Waals surface area contributed by atoms with E-state index >= 15 is 0 Å². The predicted octanol–water partition coefficient (Wildman–Crippen LogP) is 15.3. The van der Waals surface area contributed by atoms with E-state index in [1.165, 1.54) is 89.9 Å². The minimum atomic E-state index is -1.91. The number of aliphatic carboxylic acids is 1. The summed E-state index contributed by atoms with van der Waals surface area (Å²) in [4.78, 5) is 51.1. The lowest BCUT2D eigenvalue weighted by Crippen LogP contribution is -2.61. The topological polar surface area (TPSA) is 175 Å². The number of carbonyl (C=O) groups is 4. The highest BCUT2D eigenvalue weighted by molar-refractivity contribution is 5.74. The summed E-state index contributed by atoms with van der Waals surface area (Å²) >= 11 is 0. The van der Waals surface area contributed by atoms with Crippen LogP contribution in [0.3, 0.4) is 0 Å². The van der Waals surface area contributed by atoms with E-state index in [1.807, 2.05) is 0 Å². The van der Waals surface area contributed by atoms with Gasteiger partial charge in [-0.05, 0) is 89.9 Å². The van der Waals surface area contributed by atoms with Crippen LogP contribution >= 0.6 is 0 Å². The van der Waals surface area contributed by atoms with E-state index in [4.69, 9.17) is 23.7 Å². The minimum absolute atomic E-state index is 0.0395. The van der Waals surface area contributed by atoms with Crippen LogP contribution in [0.15, 0.2) is 72.9 Å². The third-order valence-electron chi connectivity index (χ3n) is 13.3. The van der Waals surface area contributed by atoms with Crippen LogP contribution in [0, 0.1) is 0 Å². The second-order valence-electron chi connectivity index (χ2n) is 20.3. The first-order chi connectivity index (χ1) is 36.6. The van der Waals surface area contributed by atoms with Gasteiger partial charge in [-0.1, -0.05) is 216 Å². The first-order valence-corrected chi connectivity index (χ1v) is 29.9. The highest BCUT2D eigenvalue weighted by atomic mass is 16.7. The Hall–Kier alpha value is -3.84. The first kappa shape index (κ1) is 69.2. The summed E-state index contributed by atoms with van der Waals surface area (Å²) in [5, 5.41) is 31.5. The average molecular weight is 1060 g/mol. The van der Waals surface area contributed by atoms with Crippen molar-refractivity contribution in [2.24, 2.45) is 0 Å². The summed E-state index contributed by atoms with van der Waals surface area (Å²) in [6.45, 7) is 5.82. The van der Waals surface area contributed by atoms with Crippen molar-refractivity contribution in [1.29, 1.82) is 0 Å². The second-order valence-corrected chi connectivity index (χ2v) is 20.3. The summed E-state index contributed by atoms with van der Waals surface area (Å²) in [7, 11) is 0. The van der Waals surface area contributed by atoms with Crippen molar-refractivity contribution < 1.29 is 58.2 Å². The summed E-state index contributed by atoms with van der Waals surface area (Å²) in [5.74, 6) is -3.18. The molecule has 1 heterocycles. The fourth-order valence-corrected chi connectivity index (χ4v) is 8.68. The van der Waals surface area contributed by atoms with Crippen molar-refractivity contribution in [3.63, 3.8) is 0 Å². The molecule has 0 aromatic carbocycles. The van der Waals surface area contributed by atoms with E-state index in [0.29, 0.717) is 19.3 Å². The summed E-state index contributed by atoms with van der Waals surface area (Å²) in [6, 6.07) is 0. The first-order valence-electron chi connectivity index (χ1n) is 29.9. The van der Waals surface area contributed by atoms with Gasteiger partial charge in [0.1, 0.15) is 18.8 Å². The molecular formula is C63H106O12. The molecule has 1 fully saturated rings. The number of carbonyl (C=O) groups excluding carboxylic acids is 3. The average Bonchev–Trinajstić information content (AvgIpc) is 3.39. The van der Waals surface area contributed by atoms with Crippen LogP contribution < -0.4 is 0 Å². The van der Waals surface area contributed by atoms with Crippen LogP contribution in [0.1, 0.15) is 252 Å². The van der Waals surface area contributed by atoms with Crippen molar-refractivity contribution in [1.82, 2.24) is 0 Å². The van der Waals surface area contributed by atoms with E-state index in [2.05, 4.69) is 93.7 Å². The highest BCUT2D eigenvalue weighted by Crippen LogP contribution is 2.26. The SMILES string of the molecule is CC/C=C\C/C=C\C/C=C\C/C=C\CCCCC(=O)OCC(COC1OC(C(=O)O)C(O)C(O)C1OC(=O)CCCCCCC/C=C\C/C=C\CCCCC)OC(=O)CCCCCCCCCCCCCCCCC. The molecule has 0 radical (unpaired) electrons. The number of allylic oxidation sites excluding steroid dienone is 12. The summed E-state index contributed by atoms with van der Waals surface area (Å²) in [6.07, 6.45) is 51.5. The quantitative estimate of drug-likeness (QED) is 0.0228. The van der Waals surface area contributed by atoms with E-state index in [0.717, 1.165) is 103 Å². The predicted molar refractivity (Wildman–Crippen MR) is 303 cm³/mol. The van der Waals surface area contributed by atoms with Crippen LogP contribution in [0.25, 0.3) is 0 Å². The molecule has 12 nitrogen and oxygen atoms in total. The maximum atomic E-state index is 13.1. The summed E-state index contributed by atoms with van der Waals surface area (Å²) < 4.78 is 28.4. The molecule has 430 valence electrons. The van der Waals surface area contributed by atoms with Gasteiger partial charge >= 0.3 is 23.9 Å². The molecule has 0 aromatic rings. The molecule has 0 aliphatic carbocycles. The Morgan fingerprint density at radius 3 is 1.33 bits per heavy atom. The molecule has 75 heavy (non-hydrogen) atoms. The fourth-order valence-electron chi connectivity index (χ4n) is 8.68. The zero-order valence-electron chi connectivity index (χ0n) is 47.3. The maximum Gasteiger partial charge on any atom is 0.335 e. The zero-order valence-corrected chi connectivity index (χ0v) is 47.3. The molecule has 12 heteroatoms. The maximum absolute atomic E-state index is 13.1. The number of rotatable bonds is 50. The zero-order chi connectivity index (χ0) is 54.7. The number of unbranched alkanes of at least 4 members (excludes halogenated alkanes) is 24. The third kappa shape index (κ3) is 41.0. The molecule has 1 aliphatic heterocycles. The normalized spacial score (nSPS) is 18.7. The Bertz CT molecular complexity index is 1580. The molecule has 6 unspecified atom stereocenters. The molecule has 3 N–H and O–H groups in total. The van der Waals surface area contributed by atoms with E-state index in [1.54, 1.807) is 0 Å². The smallest absolute Gasteiger partial charge is 0.335 e. The molecule has 0 bridgehead atoms. The number of esters is 3.